The minimum atomic E-state index is -0.521. The summed E-state index contributed by atoms with van der Waals surface area (Å²) < 4.78 is 5.11. The number of carbonyl (C=O) groups is 2. The SMILES string of the molecule is O=C(COC(=O)c1cccc(Cl)c1)NCC12CC3CC(CC(C3)C1)C2. The molecule has 4 aliphatic rings. The lowest BCUT2D eigenvalue weighted by molar-refractivity contribution is -0.126. The predicted octanol–water partition coefficient (Wildman–Crippen LogP) is 3.83. The molecule has 0 aliphatic heterocycles. The Morgan fingerprint density at radius 1 is 1.12 bits per heavy atom. The second-order valence-corrected chi connectivity index (χ2v) is 8.72. The van der Waals surface area contributed by atoms with E-state index in [2.05, 4.69) is 5.32 Å². The minimum Gasteiger partial charge on any atom is -0.452 e. The summed E-state index contributed by atoms with van der Waals surface area (Å²) in [4.78, 5) is 24.1. The van der Waals surface area contributed by atoms with Gasteiger partial charge in [-0.05, 0) is 79.9 Å². The van der Waals surface area contributed by atoms with Crippen molar-refractivity contribution in [1.29, 1.82) is 0 Å². The Morgan fingerprint density at radius 2 is 1.76 bits per heavy atom. The first kappa shape index (κ1) is 16.9. The molecule has 0 atom stereocenters. The quantitative estimate of drug-likeness (QED) is 0.811. The summed E-state index contributed by atoms with van der Waals surface area (Å²) >= 11 is 5.86. The lowest BCUT2D eigenvalue weighted by Gasteiger charge is -2.56. The maximum Gasteiger partial charge on any atom is 0.338 e. The summed E-state index contributed by atoms with van der Waals surface area (Å²) in [6.07, 6.45) is 7.93. The Kier molecular flexibility index (Phi) is 4.48. The van der Waals surface area contributed by atoms with E-state index >= 15 is 0 Å². The standard InChI is InChI=1S/C20H24ClNO3/c21-17-3-1-2-16(7-17)19(24)25-11-18(23)22-12-20-8-13-4-14(9-20)6-15(5-13)10-20/h1-3,7,13-15H,4-6,8-12H2,(H,22,23). The molecule has 4 nitrogen and oxygen atoms in total. The second-order valence-electron chi connectivity index (χ2n) is 8.28. The van der Waals surface area contributed by atoms with Crippen LogP contribution in [0.25, 0.3) is 0 Å². The maximum absolute atomic E-state index is 12.1. The number of rotatable bonds is 5. The van der Waals surface area contributed by atoms with Gasteiger partial charge in [0.1, 0.15) is 0 Å². The molecule has 1 amide bonds. The first-order valence-corrected chi connectivity index (χ1v) is 9.58. The van der Waals surface area contributed by atoms with Gasteiger partial charge in [0.05, 0.1) is 5.56 Å². The molecule has 4 bridgehead atoms. The highest BCUT2D eigenvalue weighted by Crippen LogP contribution is 2.59. The third-order valence-corrected chi connectivity index (χ3v) is 6.46. The molecule has 1 aromatic rings. The van der Waals surface area contributed by atoms with Crippen LogP contribution in [-0.2, 0) is 9.53 Å². The van der Waals surface area contributed by atoms with Crippen LogP contribution in [0.15, 0.2) is 24.3 Å². The van der Waals surface area contributed by atoms with Crippen LogP contribution in [0, 0.1) is 23.2 Å². The Morgan fingerprint density at radius 3 is 2.36 bits per heavy atom. The molecule has 5 rings (SSSR count). The molecule has 4 fully saturated rings. The molecule has 0 saturated heterocycles. The van der Waals surface area contributed by atoms with E-state index in [-0.39, 0.29) is 12.5 Å². The van der Waals surface area contributed by atoms with Gasteiger partial charge in [0, 0.05) is 11.6 Å². The third-order valence-electron chi connectivity index (χ3n) is 6.22. The monoisotopic (exact) mass is 361 g/mol. The molecule has 4 saturated carbocycles. The molecule has 5 heteroatoms. The largest absolute Gasteiger partial charge is 0.452 e. The highest BCUT2D eigenvalue weighted by molar-refractivity contribution is 6.30. The van der Waals surface area contributed by atoms with Crippen LogP contribution in [-0.4, -0.2) is 25.0 Å². The van der Waals surface area contributed by atoms with Gasteiger partial charge in [0.2, 0.25) is 0 Å². The minimum absolute atomic E-state index is 0.217. The van der Waals surface area contributed by atoms with E-state index in [4.69, 9.17) is 16.3 Å². The molecule has 25 heavy (non-hydrogen) atoms. The normalized spacial score (nSPS) is 32.4. The average Bonchev–Trinajstić information content (AvgIpc) is 2.57. The van der Waals surface area contributed by atoms with Crippen molar-refractivity contribution in [1.82, 2.24) is 5.32 Å². The first-order chi connectivity index (χ1) is 12.0. The van der Waals surface area contributed by atoms with Crippen molar-refractivity contribution in [3.8, 4) is 0 Å². The fraction of sp³-hybridized carbons (Fsp3) is 0.600. The van der Waals surface area contributed by atoms with Gasteiger partial charge in [-0.1, -0.05) is 17.7 Å². The molecule has 0 spiro atoms. The van der Waals surface area contributed by atoms with Crippen LogP contribution >= 0.6 is 11.6 Å². The Bertz CT molecular complexity index is 652. The lowest BCUT2D eigenvalue weighted by atomic mass is 9.49. The van der Waals surface area contributed by atoms with Crippen LogP contribution in [0.3, 0.4) is 0 Å². The molecule has 0 aromatic heterocycles. The highest BCUT2D eigenvalue weighted by atomic mass is 35.5. The number of hydrogen-bond acceptors (Lipinski definition) is 3. The summed E-state index contributed by atoms with van der Waals surface area (Å²) in [6, 6.07) is 6.54. The Balaban J connectivity index is 1.26. The van der Waals surface area contributed by atoms with E-state index in [0.29, 0.717) is 16.0 Å². The molecule has 1 N–H and O–H groups in total. The topological polar surface area (TPSA) is 55.4 Å². The van der Waals surface area contributed by atoms with Crippen molar-refractivity contribution < 1.29 is 14.3 Å². The van der Waals surface area contributed by atoms with Crippen molar-refractivity contribution >= 4 is 23.5 Å². The van der Waals surface area contributed by atoms with Gasteiger partial charge in [-0.25, -0.2) is 4.79 Å². The summed E-state index contributed by atoms with van der Waals surface area (Å²) in [6.45, 7) is 0.488. The van der Waals surface area contributed by atoms with Crippen molar-refractivity contribution in [2.24, 2.45) is 23.2 Å². The van der Waals surface area contributed by atoms with E-state index in [1.807, 2.05) is 0 Å². The fourth-order valence-electron chi connectivity index (χ4n) is 5.67. The summed E-state index contributed by atoms with van der Waals surface area (Å²) in [7, 11) is 0. The van der Waals surface area contributed by atoms with E-state index in [0.717, 1.165) is 24.3 Å². The van der Waals surface area contributed by atoms with E-state index in [1.54, 1.807) is 18.2 Å². The number of benzene rings is 1. The summed E-state index contributed by atoms with van der Waals surface area (Å²) in [5.74, 6) is 1.86. The molecular formula is C20H24ClNO3. The van der Waals surface area contributed by atoms with Crippen molar-refractivity contribution in [3.05, 3.63) is 34.9 Å². The predicted molar refractivity (Wildman–Crippen MR) is 95.3 cm³/mol. The molecule has 4 aliphatic carbocycles. The van der Waals surface area contributed by atoms with Crippen molar-refractivity contribution in [2.75, 3.05) is 13.2 Å². The highest BCUT2D eigenvalue weighted by Gasteiger charge is 2.50. The molecule has 0 radical (unpaired) electrons. The zero-order valence-electron chi connectivity index (χ0n) is 14.3. The molecular weight excluding hydrogens is 338 g/mol. The second kappa shape index (κ2) is 6.64. The van der Waals surface area contributed by atoms with E-state index < -0.39 is 5.97 Å². The number of halogens is 1. The first-order valence-electron chi connectivity index (χ1n) is 9.21. The van der Waals surface area contributed by atoms with Gasteiger partial charge in [-0.3, -0.25) is 4.79 Å². The fourth-order valence-corrected chi connectivity index (χ4v) is 5.86. The van der Waals surface area contributed by atoms with E-state index in [1.165, 1.54) is 44.6 Å². The zero-order chi connectivity index (χ0) is 17.4. The van der Waals surface area contributed by atoms with Crippen LogP contribution in [0.1, 0.15) is 48.9 Å². The number of esters is 1. The third kappa shape index (κ3) is 3.69. The van der Waals surface area contributed by atoms with Crippen molar-refractivity contribution in [3.63, 3.8) is 0 Å². The van der Waals surface area contributed by atoms with E-state index in [9.17, 15) is 9.59 Å². The smallest absolute Gasteiger partial charge is 0.338 e. The van der Waals surface area contributed by atoms with Gasteiger partial charge >= 0.3 is 5.97 Å². The summed E-state index contributed by atoms with van der Waals surface area (Å²) in [5, 5.41) is 3.49. The van der Waals surface area contributed by atoms with Gasteiger partial charge in [0.25, 0.3) is 5.91 Å². The van der Waals surface area contributed by atoms with Gasteiger partial charge in [-0.15, -0.1) is 0 Å². The van der Waals surface area contributed by atoms with Gasteiger partial charge in [-0.2, -0.15) is 0 Å². The van der Waals surface area contributed by atoms with Gasteiger partial charge < -0.3 is 10.1 Å². The number of amides is 1. The molecule has 134 valence electrons. The number of hydrogen-bond donors (Lipinski definition) is 1. The number of carbonyl (C=O) groups excluding carboxylic acids is 2. The van der Waals surface area contributed by atoms with Crippen LogP contribution in [0.5, 0.6) is 0 Å². The van der Waals surface area contributed by atoms with Gasteiger partial charge in [0.15, 0.2) is 6.61 Å². The van der Waals surface area contributed by atoms with Crippen LogP contribution in [0.4, 0.5) is 0 Å². The Hall–Kier alpha value is -1.55. The molecule has 0 heterocycles. The molecule has 1 aromatic carbocycles. The summed E-state index contributed by atoms with van der Waals surface area (Å²) in [5.41, 5.74) is 0.655. The average molecular weight is 362 g/mol. The molecule has 0 unspecified atom stereocenters. The van der Waals surface area contributed by atoms with Crippen molar-refractivity contribution in [2.45, 2.75) is 38.5 Å². The Labute approximate surface area is 153 Å². The zero-order valence-corrected chi connectivity index (χ0v) is 15.1. The van der Waals surface area contributed by atoms with Crippen LogP contribution in [0.2, 0.25) is 5.02 Å². The number of nitrogens with one attached hydrogen (secondary N) is 1. The number of ether oxygens (including phenoxy) is 1. The maximum atomic E-state index is 12.1. The lowest BCUT2D eigenvalue weighted by Crippen LogP contribution is -2.51. The van der Waals surface area contributed by atoms with Crippen LogP contribution < -0.4 is 5.32 Å².